The van der Waals surface area contributed by atoms with E-state index in [9.17, 15) is 0 Å². The van der Waals surface area contributed by atoms with Crippen LogP contribution < -0.4 is 10.6 Å². The third kappa shape index (κ3) is 4.17. The van der Waals surface area contributed by atoms with Crippen LogP contribution in [-0.2, 0) is 0 Å². The van der Waals surface area contributed by atoms with Crippen molar-refractivity contribution in [1.82, 2.24) is 5.32 Å². The van der Waals surface area contributed by atoms with Crippen molar-refractivity contribution in [1.29, 1.82) is 0 Å². The van der Waals surface area contributed by atoms with Gasteiger partial charge in [0.15, 0.2) is 5.11 Å². The zero-order valence-corrected chi connectivity index (χ0v) is 12.2. The van der Waals surface area contributed by atoms with Gasteiger partial charge < -0.3 is 10.6 Å². The number of para-hydroxylation sites is 1. The van der Waals surface area contributed by atoms with Gasteiger partial charge in [0.1, 0.15) is 5.84 Å². The quantitative estimate of drug-likeness (QED) is 0.515. The second kappa shape index (κ2) is 7.40. The Hall–Kier alpha value is -2.20. The van der Waals surface area contributed by atoms with Crippen molar-refractivity contribution in [2.24, 2.45) is 4.99 Å². The predicted molar refractivity (Wildman–Crippen MR) is 89.3 cm³/mol. The average Bonchev–Trinajstić information content (AvgIpc) is 2.49. The van der Waals surface area contributed by atoms with Gasteiger partial charge >= 0.3 is 0 Å². The highest BCUT2D eigenvalue weighted by molar-refractivity contribution is 7.80. The van der Waals surface area contributed by atoms with Gasteiger partial charge in [-0.3, -0.25) is 0 Å². The topological polar surface area (TPSA) is 36.4 Å². The minimum atomic E-state index is 0.481. The number of rotatable bonds is 3. The van der Waals surface area contributed by atoms with Gasteiger partial charge in [0.25, 0.3) is 0 Å². The van der Waals surface area contributed by atoms with Crippen molar-refractivity contribution < 1.29 is 0 Å². The van der Waals surface area contributed by atoms with E-state index >= 15 is 0 Å². The molecule has 102 valence electrons. The van der Waals surface area contributed by atoms with Crippen molar-refractivity contribution in [2.75, 3.05) is 11.9 Å². The molecule has 2 N–H and O–H groups in total. The summed E-state index contributed by atoms with van der Waals surface area (Å²) >= 11 is 5.21. The van der Waals surface area contributed by atoms with Crippen LogP contribution in [0.2, 0.25) is 0 Å². The molecule has 0 aliphatic rings. The van der Waals surface area contributed by atoms with Gasteiger partial charge in [0.05, 0.1) is 0 Å². The predicted octanol–water partition coefficient (Wildman–Crippen LogP) is 3.44. The first-order valence-electron chi connectivity index (χ1n) is 6.53. The lowest BCUT2D eigenvalue weighted by Crippen LogP contribution is -2.23. The minimum Gasteiger partial charge on any atom is -0.361 e. The van der Waals surface area contributed by atoms with Crippen molar-refractivity contribution in [2.45, 2.75) is 6.92 Å². The first kappa shape index (κ1) is 14.2. The summed E-state index contributed by atoms with van der Waals surface area (Å²) < 4.78 is 0. The van der Waals surface area contributed by atoms with E-state index in [1.165, 1.54) is 0 Å². The van der Waals surface area contributed by atoms with E-state index in [0.29, 0.717) is 5.11 Å². The molecular weight excluding hydrogens is 266 g/mol. The van der Waals surface area contributed by atoms with Crippen LogP contribution in [0.25, 0.3) is 0 Å². The monoisotopic (exact) mass is 283 g/mol. The van der Waals surface area contributed by atoms with Gasteiger partial charge in [-0.1, -0.05) is 48.5 Å². The van der Waals surface area contributed by atoms with Crippen LogP contribution >= 0.6 is 12.2 Å². The van der Waals surface area contributed by atoms with E-state index in [0.717, 1.165) is 23.6 Å². The molecule has 4 heteroatoms. The number of aliphatic imine (C=N–C) groups is 1. The van der Waals surface area contributed by atoms with Crippen LogP contribution in [-0.4, -0.2) is 17.5 Å². The highest BCUT2D eigenvalue weighted by Gasteiger charge is 2.04. The minimum absolute atomic E-state index is 0.481. The maximum Gasteiger partial charge on any atom is 0.194 e. The zero-order valence-electron chi connectivity index (χ0n) is 11.3. The molecule has 0 bridgehead atoms. The highest BCUT2D eigenvalue weighted by Crippen LogP contribution is 2.09. The zero-order chi connectivity index (χ0) is 14.2. The summed E-state index contributed by atoms with van der Waals surface area (Å²) in [5.74, 6) is 0.739. The number of nitrogens with zero attached hydrogens (tertiary/aromatic N) is 1. The summed E-state index contributed by atoms with van der Waals surface area (Å²) in [5, 5.41) is 6.82. The Balaban J connectivity index is 2.27. The summed E-state index contributed by atoms with van der Waals surface area (Å²) in [6.45, 7) is 2.75. The second-order valence-electron chi connectivity index (χ2n) is 4.15. The summed E-state index contributed by atoms with van der Waals surface area (Å²) in [6.07, 6.45) is 0. The Kier molecular flexibility index (Phi) is 5.26. The van der Waals surface area contributed by atoms with Crippen LogP contribution in [0.4, 0.5) is 5.69 Å². The maximum atomic E-state index is 5.21. The van der Waals surface area contributed by atoms with Gasteiger partial charge in [-0.15, -0.1) is 0 Å². The second-order valence-corrected chi connectivity index (χ2v) is 4.54. The first-order chi connectivity index (χ1) is 9.79. The molecule has 0 radical (unpaired) electrons. The lowest BCUT2D eigenvalue weighted by Gasteiger charge is -2.11. The number of hydrogen-bond acceptors (Lipinski definition) is 1. The van der Waals surface area contributed by atoms with Gasteiger partial charge in [0.2, 0.25) is 0 Å². The fraction of sp³-hybridized carbons (Fsp3) is 0.125. The van der Waals surface area contributed by atoms with Crippen LogP contribution in [0.15, 0.2) is 65.7 Å². The molecule has 0 aliphatic carbocycles. The van der Waals surface area contributed by atoms with E-state index in [1.54, 1.807) is 0 Å². The van der Waals surface area contributed by atoms with Crippen molar-refractivity contribution in [3.63, 3.8) is 0 Å². The highest BCUT2D eigenvalue weighted by atomic mass is 32.1. The van der Waals surface area contributed by atoms with Crippen molar-refractivity contribution in [3.05, 3.63) is 66.2 Å². The molecule has 2 aromatic carbocycles. The summed E-state index contributed by atoms with van der Waals surface area (Å²) in [6, 6.07) is 19.9. The standard InChI is InChI=1S/C16H17N3S/c1-2-17-16(20)19-15(13-9-5-3-6-10-13)18-14-11-7-4-8-12-14/h3-12H,2H2,1H3,(H2,17,18,19,20). The molecular formula is C16H17N3S. The largest absolute Gasteiger partial charge is 0.361 e. The lowest BCUT2D eigenvalue weighted by atomic mass is 10.2. The molecule has 0 atom stereocenters. The Bertz CT molecular complexity index is 579. The summed E-state index contributed by atoms with van der Waals surface area (Å²) in [7, 11) is 0. The van der Waals surface area contributed by atoms with E-state index in [-0.39, 0.29) is 0 Å². The fourth-order valence-electron chi connectivity index (χ4n) is 1.71. The third-order valence-corrected chi connectivity index (χ3v) is 2.86. The van der Waals surface area contributed by atoms with Crippen LogP contribution in [0.5, 0.6) is 0 Å². The van der Waals surface area contributed by atoms with Gasteiger partial charge in [-0.25, -0.2) is 4.99 Å². The van der Waals surface area contributed by atoms with Gasteiger partial charge in [-0.05, 0) is 31.3 Å². The number of thiocarbonyl (C=S) groups is 1. The molecule has 0 saturated heterocycles. The van der Waals surface area contributed by atoms with Crippen molar-refractivity contribution >= 4 is 28.9 Å². The number of amidine groups is 1. The summed E-state index contributed by atoms with van der Waals surface area (Å²) in [5.41, 5.74) is 1.98. The van der Waals surface area contributed by atoms with E-state index in [2.05, 4.69) is 15.6 Å². The average molecular weight is 283 g/mol. The normalized spacial score (nSPS) is 10.9. The Morgan fingerprint density at radius 1 is 1.00 bits per heavy atom. The molecule has 20 heavy (non-hydrogen) atoms. The smallest absolute Gasteiger partial charge is 0.194 e. The SMILES string of the molecule is CCNC(=S)N=C(Nc1ccccc1)c1ccccc1. The number of benzene rings is 2. The Labute approximate surface area is 124 Å². The maximum absolute atomic E-state index is 5.21. The van der Waals surface area contributed by atoms with E-state index in [1.807, 2.05) is 67.6 Å². The van der Waals surface area contributed by atoms with Crippen LogP contribution in [0.3, 0.4) is 0 Å². The van der Waals surface area contributed by atoms with Crippen molar-refractivity contribution in [3.8, 4) is 0 Å². The van der Waals surface area contributed by atoms with E-state index in [4.69, 9.17) is 12.2 Å². The molecule has 0 heterocycles. The Morgan fingerprint density at radius 2 is 1.60 bits per heavy atom. The summed E-state index contributed by atoms with van der Waals surface area (Å²) in [4.78, 5) is 4.46. The van der Waals surface area contributed by atoms with Gasteiger partial charge in [0, 0.05) is 17.8 Å². The number of nitrogens with one attached hydrogen (secondary N) is 2. The molecule has 0 saturated carbocycles. The molecule has 2 aromatic rings. The molecule has 0 fully saturated rings. The molecule has 3 nitrogen and oxygen atoms in total. The molecule has 0 amide bonds. The Morgan fingerprint density at radius 3 is 2.20 bits per heavy atom. The molecule has 0 aromatic heterocycles. The molecule has 2 rings (SSSR count). The lowest BCUT2D eigenvalue weighted by molar-refractivity contribution is 0.973. The van der Waals surface area contributed by atoms with Gasteiger partial charge in [-0.2, -0.15) is 0 Å². The fourth-order valence-corrected chi connectivity index (χ4v) is 1.95. The molecule has 0 unspecified atom stereocenters. The molecule has 0 spiro atoms. The van der Waals surface area contributed by atoms with Crippen LogP contribution in [0, 0.1) is 0 Å². The van der Waals surface area contributed by atoms with E-state index < -0.39 is 0 Å². The molecule has 0 aliphatic heterocycles. The van der Waals surface area contributed by atoms with Crippen LogP contribution in [0.1, 0.15) is 12.5 Å². The number of hydrogen-bond donors (Lipinski definition) is 2. The number of anilines is 1. The first-order valence-corrected chi connectivity index (χ1v) is 6.94. The third-order valence-electron chi connectivity index (χ3n) is 2.63.